The molecule has 0 heterocycles. The zero-order valence-corrected chi connectivity index (χ0v) is 7.90. The summed E-state index contributed by atoms with van der Waals surface area (Å²) < 4.78 is 0. The van der Waals surface area contributed by atoms with Crippen LogP contribution in [-0.4, -0.2) is 12.6 Å². The summed E-state index contributed by atoms with van der Waals surface area (Å²) in [6, 6.07) is 0.762. The van der Waals surface area contributed by atoms with Gasteiger partial charge in [-0.15, -0.1) is 0 Å². The first-order valence-electron chi connectivity index (χ1n) is 5.08. The van der Waals surface area contributed by atoms with Crippen LogP contribution in [0.5, 0.6) is 0 Å². The fourth-order valence-electron chi connectivity index (χ4n) is 2.00. The Morgan fingerprint density at radius 1 is 1.36 bits per heavy atom. The van der Waals surface area contributed by atoms with Gasteiger partial charge in [0.2, 0.25) is 0 Å². The summed E-state index contributed by atoms with van der Waals surface area (Å²) in [6.45, 7) is 5.76. The minimum Gasteiger partial charge on any atom is -0.314 e. The van der Waals surface area contributed by atoms with Gasteiger partial charge in [-0.1, -0.05) is 19.8 Å². The predicted octanol–water partition coefficient (Wildman–Crippen LogP) is 2.56. The molecule has 1 unspecified atom stereocenters. The maximum absolute atomic E-state index is 3.57. The van der Waals surface area contributed by atoms with E-state index in [0.29, 0.717) is 0 Å². The smallest absolute Gasteiger partial charge is 0.00669 e. The number of rotatable bonds is 4. The van der Waals surface area contributed by atoms with E-state index in [2.05, 4.69) is 19.2 Å². The number of hydrogen-bond donors (Lipinski definition) is 1. The lowest BCUT2D eigenvalue weighted by Gasteiger charge is -2.19. The third-order valence-electron chi connectivity index (χ3n) is 2.82. The molecule has 1 atom stereocenters. The van der Waals surface area contributed by atoms with Crippen molar-refractivity contribution in [3.05, 3.63) is 0 Å². The molecule has 1 N–H and O–H groups in total. The van der Waals surface area contributed by atoms with Gasteiger partial charge in [0.25, 0.3) is 0 Å². The van der Waals surface area contributed by atoms with Crippen LogP contribution in [0.1, 0.15) is 46.0 Å². The van der Waals surface area contributed by atoms with Crippen LogP contribution in [0.15, 0.2) is 0 Å². The normalized spacial score (nSPS) is 22.4. The van der Waals surface area contributed by atoms with E-state index in [-0.39, 0.29) is 0 Å². The summed E-state index contributed by atoms with van der Waals surface area (Å²) in [6.07, 6.45) is 7.10. The van der Waals surface area contributed by atoms with E-state index in [0.717, 1.165) is 12.0 Å². The molecule has 0 amide bonds. The maximum Gasteiger partial charge on any atom is 0.00669 e. The molecule has 1 aliphatic carbocycles. The molecule has 1 heteroatoms. The molecule has 1 fully saturated rings. The highest BCUT2D eigenvalue weighted by atomic mass is 14.9. The molecule has 0 radical (unpaired) electrons. The van der Waals surface area contributed by atoms with Gasteiger partial charge in [0, 0.05) is 6.04 Å². The lowest BCUT2D eigenvalue weighted by molar-refractivity contribution is 0.382. The quantitative estimate of drug-likeness (QED) is 0.658. The van der Waals surface area contributed by atoms with Gasteiger partial charge in [0.15, 0.2) is 0 Å². The van der Waals surface area contributed by atoms with Gasteiger partial charge in [-0.25, -0.2) is 0 Å². The highest BCUT2D eigenvalue weighted by molar-refractivity contribution is 4.76. The lowest BCUT2D eigenvalue weighted by Crippen LogP contribution is -2.32. The van der Waals surface area contributed by atoms with Crippen LogP contribution in [0.3, 0.4) is 0 Å². The van der Waals surface area contributed by atoms with Crippen molar-refractivity contribution in [3.8, 4) is 0 Å². The molecule has 0 aromatic rings. The van der Waals surface area contributed by atoms with Crippen molar-refractivity contribution in [2.45, 2.75) is 52.0 Å². The van der Waals surface area contributed by atoms with Crippen molar-refractivity contribution in [1.82, 2.24) is 5.32 Å². The van der Waals surface area contributed by atoms with E-state index in [1.54, 1.807) is 0 Å². The van der Waals surface area contributed by atoms with Gasteiger partial charge in [-0.05, 0) is 38.6 Å². The van der Waals surface area contributed by atoms with E-state index < -0.39 is 0 Å². The fraction of sp³-hybridized carbons (Fsp3) is 1.00. The van der Waals surface area contributed by atoms with Crippen LogP contribution < -0.4 is 5.32 Å². The molecule has 0 aromatic carbocycles. The first-order valence-corrected chi connectivity index (χ1v) is 5.08. The second-order valence-electron chi connectivity index (χ2n) is 3.79. The summed E-state index contributed by atoms with van der Waals surface area (Å²) in [7, 11) is 0. The molecule has 1 nitrogen and oxygen atoms in total. The highest BCUT2D eigenvalue weighted by Crippen LogP contribution is 2.27. The van der Waals surface area contributed by atoms with Gasteiger partial charge >= 0.3 is 0 Å². The Kier molecular flexibility index (Phi) is 3.92. The molecule has 1 rings (SSSR count). The average Bonchev–Trinajstić information content (AvgIpc) is 2.52. The third-order valence-corrected chi connectivity index (χ3v) is 2.82. The average molecular weight is 155 g/mol. The molecule has 0 bridgehead atoms. The van der Waals surface area contributed by atoms with Gasteiger partial charge in [0.1, 0.15) is 0 Å². The van der Waals surface area contributed by atoms with Gasteiger partial charge in [0.05, 0.1) is 0 Å². The van der Waals surface area contributed by atoms with Crippen molar-refractivity contribution in [2.75, 3.05) is 6.54 Å². The lowest BCUT2D eigenvalue weighted by atomic mass is 10.00. The van der Waals surface area contributed by atoms with E-state index in [4.69, 9.17) is 0 Å². The van der Waals surface area contributed by atoms with Crippen LogP contribution in [-0.2, 0) is 0 Å². The Balaban J connectivity index is 2.12. The van der Waals surface area contributed by atoms with E-state index in [1.165, 1.54) is 38.6 Å². The van der Waals surface area contributed by atoms with E-state index in [9.17, 15) is 0 Å². The molecule has 0 spiro atoms. The molecular formula is C10H21N. The van der Waals surface area contributed by atoms with E-state index in [1.807, 2.05) is 0 Å². The minimum absolute atomic E-state index is 0.762. The second-order valence-corrected chi connectivity index (χ2v) is 3.79. The summed E-state index contributed by atoms with van der Waals surface area (Å²) in [5.41, 5.74) is 0. The predicted molar refractivity (Wildman–Crippen MR) is 49.7 cm³/mol. The van der Waals surface area contributed by atoms with Gasteiger partial charge < -0.3 is 5.32 Å². The van der Waals surface area contributed by atoms with Gasteiger partial charge in [-0.2, -0.15) is 0 Å². The first-order chi connectivity index (χ1) is 5.34. The zero-order valence-electron chi connectivity index (χ0n) is 7.90. The van der Waals surface area contributed by atoms with Gasteiger partial charge in [-0.3, -0.25) is 0 Å². The molecule has 0 aliphatic heterocycles. The fourth-order valence-corrected chi connectivity index (χ4v) is 2.00. The molecule has 66 valence electrons. The van der Waals surface area contributed by atoms with Crippen molar-refractivity contribution in [3.63, 3.8) is 0 Å². The highest BCUT2D eigenvalue weighted by Gasteiger charge is 2.20. The van der Waals surface area contributed by atoms with Crippen molar-refractivity contribution < 1.29 is 0 Å². The van der Waals surface area contributed by atoms with Crippen LogP contribution in [0, 0.1) is 5.92 Å². The Bertz CT molecular complexity index is 95.0. The minimum atomic E-state index is 0.762. The summed E-state index contributed by atoms with van der Waals surface area (Å²) >= 11 is 0. The Morgan fingerprint density at radius 3 is 2.55 bits per heavy atom. The van der Waals surface area contributed by atoms with Crippen molar-refractivity contribution in [1.29, 1.82) is 0 Å². The van der Waals surface area contributed by atoms with Crippen LogP contribution >= 0.6 is 0 Å². The van der Waals surface area contributed by atoms with Crippen LogP contribution in [0.25, 0.3) is 0 Å². The molecule has 1 aliphatic rings. The largest absolute Gasteiger partial charge is 0.314 e. The third kappa shape index (κ3) is 2.82. The SMILES string of the molecule is CCCNC(C)C1CCCC1. The van der Waals surface area contributed by atoms with Crippen LogP contribution in [0.4, 0.5) is 0 Å². The molecule has 1 saturated carbocycles. The molecule has 11 heavy (non-hydrogen) atoms. The molecular weight excluding hydrogens is 134 g/mol. The molecule has 0 aromatic heterocycles. The number of nitrogens with one attached hydrogen (secondary N) is 1. The van der Waals surface area contributed by atoms with Crippen molar-refractivity contribution in [2.24, 2.45) is 5.92 Å². The first kappa shape index (κ1) is 9.05. The zero-order chi connectivity index (χ0) is 8.10. The summed E-state index contributed by atoms with van der Waals surface area (Å²) in [4.78, 5) is 0. The monoisotopic (exact) mass is 155 g/mol. The molecule has 0 saturated heterocycles. The Labute approximate surface area is 70.6 Å². The standard InChI is InChI=1S/C10H21N/c1-3-8-11-9(2)10-6-4-5-7-10/h9-11H,3-8H2,1-2H3. The summed E-state index contributed by atoms with van der Waals surface area (Å²) in [5.74, 6) is 0.974. The summed E-state index contributed by atoms with van der Waals surface area (Å²) in [5, 5.41) is 3.57. The Hall–Kier alpha value is -0.0400. The van der Waals surface area contributed by atoms with E-state index >= 15 is 0 Å². The second kappa shape index (κ2) is 4.76. The van der Waals surface area contributed by atoms with Crippen molar-refractivity contribution >= 4 is 0 Å². The topological polar surface area (TPSA) is 12.0 Å². The van der Waals surface area contributed by atoms with Crippen LogP contribution in [0.2, 0.25) is 0 Å². The Morgan fingerprint density at radius 2 is 2.00 bits per heavy atom. The number of hydrogen-bond acceptors (Lipinski definition) is 1. The maximum atomic E-state index is 3.57.